The van der Waals surface area contributed by atoms with Gasteiger partial charge in [-0.1, -0.05) is 0 Å². The van der Waals surface area contributed by atoms with Crippen LogP contribution in [0, 0.1) is 0 Å². The highest BCUT2D eigenvalue weighted by atomic mass is 16.7. The summed E-state index contributed by atoms with van der Waals surface area (Å²) in [6.07, 6.45) is 4.89. The molecule has 1 fully saturated rings. The molecule has 3 rings (SSSR count). The molecule has 2 aromatic rings. The second kappa shape index (κ2) is 5.31. The lowest BCUT2D eigenvalue weighted by Gasteiger charge is -2.32. The molecule has 8 heteroatoms. The summed E-state index contributed by atoms with van der Waals surface area (Å²) >= 11 is 0. The summed E-state index contributed by atoms with van der Waals surface area (Å²) in [4.78, 5) is 20.3. The highest BCUT2D eigenvalue weighted by Crippen LogP contribution is 2.36. The maximum Gasteiger partial charge on any atom is 0.516 e. The molecule has 0 atom stereocenters. The first kappa shape index (κ1) is 16.0. The van der Waals surface area contributed by atoms with Crippen LogP contribution < -0.4 is 5.59 Å². The van der Waals surface area contributed by atoms with Crippen LogP contribution in [0.4, 0.5) is 0 Å². The lowest BCUT2D eigenvalue weighted by molar-refractivity contribution is 0.00578. The van der Waals surface area contributed by atoms with Gasteiger partial charge in [0.15, 0.2) is 5.69 Å². The fourth-order valence-corrected chi connectivity index (χ4v) is 2.36. The first-order valence-electron chi connectivity index (χ1n) is 7.60. The zero-order valence-corrected chi connectivity index (χ0v) is 14.0. The van der Waals surface area contributed by atoms with E-state index in [2.05, 4.69) is 9.97 Å². The summed E-state index contributed by atoms with van der Waals surface area (Å²) in [6, 6.07) is 0. The van der Waals surface area contributed by atoms with Gasteiger partial charge in [-0.2, -0.15) is 0 Å². The van der Waals surface area contributed by atoms with Crippen molar-refractivity contribution in [2.45, 2.75) is 45.8 Å². The summed E-state index contributed by atoms with van der Waals surface area (Å²) in [5.41, 5.74) is 0.603. The van der Waals surface area contributed by atoms with E-state index >= 15 is 0 Å². The molecule has 0 saturated carbocycles. The van der Waals surface area contributed by atoms with E-state index < -0.39 is 24.3 Å². The molecule has 0 aliphatic carbocycles. The smallest absolute Gasteiger partial charge is 0.461 e. The maximum absolute atomic E-state index is 11.9. The fraction of sp³-hybridized carbons (Fsp3) is 0.533. The Morgan fingerprint density at radius 2 is 1.91 bits per heavy atom. The molecule has 2 aromatic heterocycles. The van der Waals surface area contributed by atoms with Crippen molar-refractivity contribution in [1.82, 2.24) is 14.4 Å². The fourth-order valence-electron chi connectivity index (χ4n) is 2.36. The minimum absolute atomic E-state index is 0.250. The monoisotopic (exact) mass is 317 g/mol. The summed E-state index contributed by atoms with van der Waals surface area (Å²) in [5, 5.41) is 0. The summed E-state index contributed by atoms with van der Waals surface area (Å²) in [7, 11) is -0.558. The number of carbonyl (C=O) groups is 1. The van der Waals surface area contributed by atoms with Gasteiger partial charge in [-0.3, -0.25) is 4.98 Å². The van der Waals surface area contributed by atoms with E-state index in [0.717, 1.165) is 0 Å². The second-order valence-electron chi connectivity index (χ2n) is 6.51. The molecule has 7 nitrogen and oxygen atoms in total. The lowest BCUT2D eigenvalue weighted by Crippen LogP contribution is -2.41. The number of aromatic nitrogens is 3. The van der Waals surface area contributed by atoms with Gasteiger partial charge in [0, 0.05) is 6.20 Å². The first-order valence-corrected chi connectivity index (χ1v) is 7.60. The number of fused-ring (bicyclic) bond motifs is 1. The average Bonchev–Trinajstić information content (AvgIpc) is 2.97. The number of ether oxygens (including phenoxy) is 1. The molecule has 122 valence electrons. The summed E-state index contributed by atoms with van der Waals surface area (Å²) in [5.74, 6) is -0.458. The van der Waals surface area contributed by atoms with Crippen LogP contribution in [0.15, 0.2) is 18.7 Å². The standard InChI is InChI=1S/C15H20BN3O4/c1-6-21-13(20)12-10-7-17-11(8-19(10)9-18-12)16-22-14(2,3)15(4,5)23-16/h7-9H,6H2,1-5H3. The molecule has 0 radical (unpaired) electrons. The number of nitrogens with zero attached hydrogens (tertiary/aromatic N) is 3. The van der Waals surface area contributed by atoms with E-state index in [-0.39, 0.29) is 5.69 Å². The summed E-state index contributed by atoms with van der Waals surface area (Å²) in [6.45, 7) is 10.0. The SMILES string of the molecule is CCOC(=O)c1ncn2cc(B3OC(C)(C)C(C)(C)O3)ncc12. The van der Waals surface area contributed by atoms with Crippen LogP contribution in [0.2, 0.25) is 0 Å². The van der Waals surface area contributed by atoms with Gasteiger partial charge in [-0.15, -0.1) is 0 Å². The molecule has 0 spiro atoms. The third-order valence-corrected chi connectivity index (χ3v) is 4.40. The summed E-state index contributed by atoms with van der Waals surface area (Å²) < 4.78 is 18.7. The normalized spacial score (nSPS) is 19.3. The maximum atomic E-state index is 11.9. The first-order chi connectivity index (χ1) is 10.7. The zero-order chi connectivity index (χ0) is 16.8. The third-order valence-electron chi connectivity index (χ3n) is 4.40. The molecule has 0 bridgehead atoms. The number of carbonyl (C=O) groups excluding carboxylic acids is 1. The van der Waals surface area contributed by atoms with Crippen molar-refractivity contribution in [2.75, 3.05) is 6.61 Å². The number of imidazole rings is 1. The van der Waals surface area contributed by atoms with Gasteiger partial charge in [-0.25, -0.2) is 9.78 Å². The van der Waals surface area contributed by atoms with E-state index in [0.29, 0.717) is 17.7 Å². The number of rotatable bonds is 3. The minimum atomic E-state index is -0.558. The largest absolute Gasteiger partial charge is 0.516 e. The lowest BCUT2D eigenvalue weighted by atomic mass is 9.85. The van der Waals surface area contributed by atoms with Gasteiger partial charge in [-0.05, 0) is 34.6 Å². The number of hydrogen-bond acceptors (Lipinski definition) is 6. The Bertz CT molecular complexity index is 740. The van der Waals surface area contributed by atoms with Crippen molar-refractivity contribution in [3.05, 3.63) is 24.4 Å². The Labute approximate surface area is 135 Å². The van der Waals surface area contributed by atoms with Crippen molar-refractivity contribution in [1.29, 1.82) is 0 Å². The molecular formula is C15H20BN3O4. The molecule has 23 heavy (non-hydrogen) atoms. The highest BCUT2D eigenvalue weighted by molar-refractivity contribution is 6.61. The van der Waals surface area contributed by atoms with Crippen molar-refractivity contribution in [3.8, 4) is 0 Å². The van der Waals surface area contributed by atoms with Gasteiger partial charge in [0.2, 0.25) is 0 Å². The molecular weight excluding hydrogens is 297 g/mol. The molecule has 1 aliphatic heterocycles. The van der Waals surface area contributed by atoms with E-state index in [4.69, 9.17) is 14.0 Å². The van der Waals surface area contributed by atoms with Gasteiger partial charge in [0.1, 0.15) is 6.33 Å². The second-order valence-corrected chi connectivity index (χ2v) is 6.51. The Morgan fingerprint density at radius 1 is 1.26 bits per heavy atom. The Morgan fingerprint density at radius 3 is 2.52 bits per heavy atom. The van der Waals surface area contributed by atoms with Gasteiger partial charge in [0.05, 0.1) is 35.1 Å². The van der Waals surface area contributed by atoms with Crippen LogP contribution in [0.5, 0.6) is 0 Å². The molecule has 1 aliphatic rings. The molecule has 3 heterocycles. The zero-order valence-electron chi connectivity index (χ0n) is 14.0. The predicted octanol–water partition coefficient (Wildman–Crippen LogP) is 1.21. The van der Waals surface area contributed by atoms with Crippen molar-refractivity contribution in [3.63, 3.8) is 0 Å². The highest BCUT2D eigenvalue weighted by Gasteiger charge is 2.52. The van der Waals surface area contributed by atoms with Crippen molar-refractivity contribution >= 4 is 24.2 Å². The van der Waals surface area contributed by atoms with Crippen LogP contribution in [0.1, 0.15) is 45.1 Å². The van der Waals surface area contributed by atoms with E-state index in [9.17, 15) is 4.79 Å². The quantitative estimate of drug-likeness (QED) is 0.626. The van der Waals surface area contributed by atoms with Crippen molar-refractivity contribution < 1.29 is 18.8 Å². The van der Waals surface area contributed by atoms with Crippen LogP contribution in [0.3, 0.4) is 0 Å². The molecule has 0 aromatic carbocycles. The molecule has 0 unspecified atom stereocenters. The number of hydrogen-bond donors (Lipinski definition) is 0. The molecule has 0 amide bonds. The predicted molar refractivity (Wildman–Crippen MR) is 84.7 cm³/mol. The van der Waals surface area contributed by atoms with Gasteiger partial charge >= 0.3 is 13.1 Å². The van der Waals surface area contributed by atoms with E-state index in [1.807, 2.05) is 27.7 Å². The number of esters is 1. The average molecular weight is 317 g/mol. The van der Waals surface area contributed by atoms with E-state index in [1.165, 1.54) is 0 Å². The van der Waals surface area contributed by atoms with E-state index in [1.54, 1.807) is 30.0 Å². The third kappa shape index (κ3) is 2.62. The van der Waals surface area contributed by atoms with Crippen LogP contribution in [-0.2, 0) is 14.0 Å². The topological polar surface area (TPSA) is 75.0 Å². The Balaban J connectivity index is 1.92. The Kier molecular flexibility index (Phi) is 3.69. The molecule has 1 saturated heterocycles. The van der Waals surface area contributed by atoms with Crippen LogP contribution in [-0.4, -0.2) is 45.3 Å². The minimum Gasteiger partial charge on any atom is -0.461 e. The molecule has 0 N–H and O–H groups in total. The van der Waals surface area contributed by atoms with Gasteiger partial charge in [0.25, 0.3) is 0 Å². The van der Waals surface area contributed by atoms with Crippen LogP contribution >= 0.6 is 0 Å². The van der Waals surface area contributed by atoms with Gasteiger partial charge < -0.3 is 18.4 Å². The van der Waals surface area contributed by atoms with Crippen molar-refractivity contribution in [2.24, 2.45) is 0 Å². The van der Waals surface area contributed by atoms with Crippen LogP contribution in [0.25, 0.3) is 5.52 Å². The Hall–Kier alpha value is -1.93.